The molecule has 1 N–H and O–H groups in total. The Labute approximate surface area is 105 Å². The second kappa shape index (κ2) is 5.85. The SMILES string of the molecule is CCC1CCN(C(=O)C2CCCNC2C)CC1. The molecule has 2 heterocycles. The molecule has 17 heavy (non-hydrogen) atoms. The molecule has 2 aliphatic rings. The van der Waals surface area contributed by atoms with E-state index in [9.17, 15) is 4.79 Å². The van der Waals surface area contributed by atoms with Gasteiger partial charge in [-0.2, -0.15) is 0 Å². The topological polar surface area (TPSA) is 32.3 Å². The van der Waals surface area contributed by atoms with Gasteiger partial charge in [-0.05, 0) is 45.1 Å². The van der Waals surface area contributed by atoms with Crippen molar-refractivity contribution >= 4 is 5.91 Å². The van der Waals surface area contributed by atoms with Crippen LogP contribution in [0.4, 0.5) is 0 Å². The fourth-order valence-electron chi connectivity index (χ4n) is 3.18. The lowest BCUT2D eigenvalue weighted by Crippen LogP contribution is -2.50. The van der Waals surface area contributed by atoms with Crippen LogP contribution in [0.1, 0.15) is 46.0 Å². The zero-order chi connectivity index (χ0) is 12.3. The second-order valence-corrected chi connectivity index (χ2v) is 5.67. The Balaban J connectivity index is 1.87. The standard InChI is InChI=1S/C14H26N2O/c1-3-12-6-9-16(10-7-12)14(17)13-5-4-8-15-11(13)2/h11-13,15H,3-10H2,1-2H3. The predicted octanol–water partition coefficient (Wildman–Crippen LogP) is 2.02. The summed E-state index contributed by atoms with van der Waals surface area (Å²) in [6.45, 7) is 7.46. The van der Waals surface area contributed by atoms with E-state index in [1.807, 2.05) is 0 Å². The molecule has 0 radical (unpaired) electrons. The highest BCUT2D eigenvalue weighted by Crippen LogP contribution is 2.24. The van der Waals surface area contributed by atoms with Gasteiger partial charge in [-0.1, -0.05) is 13.3 Å². The van der Waals surface area contributed by atoms with Crippen LogP contribution in [0.3, 0.4) is 0 Å². The molecule has 2 unspecified atom stereocenters. The van der Waals surface area contributed by atoms with Crippen molar-refractivity contribution in [2.24, 2.45) is 11.8 Å². The third-order valence-electron chi connectivity index (χ3n) is 4.58. The van der Waals surface area contributed by atoms with E-state index in [1.54, 1.807) is 0 Å². The summed E-state index contributed by atoms with van der Waals surface area (Å²) in [6, 6.07) is 0.361. The smallest absolute Gasteiger partial charge is 0.227 e. The number of rotatable bonds is 2. The average Bonchev–Trinajstić information content (AvgIpc) is 2.39. The summed E-state index contributed by atoms with van der Waals surface area (Å²) in [4.78, 5) is 14.6. The van der Waals surface area contributed by atoms with Crippen LogP contribution >= 0.6 is 0 Å². The third kappa shape index (κ3) is 3.01. The number of carbonyl (C=O) groups is 1. The molecule has 2 aliphatic heterocycles. The van der Waals surface area contributed by atoms with Crippen molar-refractivity contribution < 1.29 is 4.79 Å². The van der Waals surface area contributed by atoms with Crippen molar-refractivity contribution in [2.45, 2.75) is 52.0 Å². The van der Waals surface area contributed by atoms with E-state index in [-0.39, 0.29) is 5.92 Å². The normalized spacial score (nSPS) is 31.5. The molecule has 0 saturated carbocycles. The first kappa shape index (κ1) is 12.9. The molecule has 0 aliphatic carbocycles. The minimum absolute atomic E-state index is 0.224. The van der Waals surface area contributed by atoms with Gasteiger partial charge >= 0.3 is 0 Å². The Bertz CT molecular complexity index is 259. The summed E-state index contributed by atoms with van der Waals surface area (Å²) in [7, 11) is 0. The minimum atomic E-state index is 0.224. The van der Waals surface area contributed by atoms with Crippen molar-refractivity contribution in [3.05, 3.63) is 0 Å². The van der Waals surface area contributed by atoms with Gasteiger partial charge in [0, 0.05) is 19.1 Å². The fourth-order valence-corrected chi connectivity index (χ4v) is 3.18. The van der Waals surface area contributed by atoms with Gasteiger partial charge in [0.2, 0.25) is 5.91 Å². The maximum atomic E-state index is 12.4. The molecule has 0 aromatic carbocycles. The van der Waals surface area contributed by atoms with Crippen LogP contribution in [-0.4, -0.2) is 36.5 Å². The van der Waals surface area contributed by atoms with Crippen molar-refractivity contribution in [1.29, 1.82) is 0 Å². The molecular weight excluding hydrogens is 212 g/mol. The lowest BCUT2D eigenvalue weighted by atomic mass is 9.88. The maximum absolute atomic E-state index is 12.4. The molecule has 98 valence electrons. The van der Waals surface area contributed by atoms with E-state index in [4.69, 9.17) is 0 Å². The van der Waals surface area contributed by atoms with Gasteiger partial charge in [0.05, 0.1) is 5.92 Å². The van der Waals surface area contributed by atoms with E-state index in [0.717, 1.165) is 38.4 Å². The van der Waals surface area contributed by atoms with Gasteiger partial charge in [0.25, 0.3) is 0 Å². The Hall–Kier alpha value is -0.570. The van der Waals surface area contributed by atoms with Crippen LogP contribution < -0.4 is 5.32 Å². The number of carbonyl (C=O) groups excluding carboxylic acids is 1. The van der Waals surface area contributed by atoms with Crippen LogP contribution in [-0.2, 0) is 4.79 Å². The first-order valence-electron chi connectivity index (χ1n) is 7.24. The van der Waals surface area contributed by atoms with E-state index >= 15 is 0 Å². The third-order valence-corrected chi connectivity index (χ3v) is 4.58. The molecule has 0 aromatic rings. The van der Waals surface area contributed by atoms with Crippen molar-refractivity contribution in [3.63, 3.8) is 0 Å². The monoisotopic (exact) mass is 238 g/mol. The van der Waals surface area contributed by atoms with Crippen LogP contribution in [0.25, 0.3) is 0 Å². The number of hydrogen-bond acceptors (Lipinski definition) is 2. The van der Waals surface area contributed by atoms with Crippen LogP contribution in [0.5, 0.6) is 0 Å². The average molecular weight is 238 g/mol. The van der Waals surface area contributed by atoms with Crippen LogP contribution in [0.15, 0.2) is 0 Å². The highest BCUT2D eigenvalue weighted by atomic mass is 16.2. The van der Waals surface area contributed by atoms with Crippen molar-refractivity contribution in [2.75, 3.05) is 19.6 Å². The highest BCUT2D eigenvalue weighted by molar-refractivity contribution is 5.79. The Morgan fingerprint density at radius 2 is 2.00 bits per heavy atom. The van der Waals surface area contributed by atoms with Crippen molar-refractivity contribution in [3.8, 4) is 0 Å². The minimum Gasteiger partial charge on any atom is -0.342 e. The number of nitrogens with one attached hydrogen (secondary N) is 1. The first-order chi connectivity index (χ1) is 8.22. The summed E-state index contributed by atoms with van der Waals surface area (Å²) in [5.41, 5.74) is 0. The van der Waals surface area contributed by atoms with Gasteiger partial charge < -0.3 is 10.2 Å². The Morgan fingerprint density at radius 3 is 2.59 bits per heavy atom. The molecule has 2 rings (SSSR count). The molecule has 0 spiro atoms. The molecule has 1 amide bonds. The van der Waals surface area contributed by atoms with Gasteiger partial charge in [-0.3, -0.25) is 4.79 Å². The van der Waals surface area contributed by atoms with Crippen molar-refractivity contribution in [1.82, 2.24) is 10.2 Å². The van der Waals surface area contributed by atoms with E-state index in [1.165, 1.54) is 19.3 Å². The number of piperidine rings is 2. The number of likely N-dealkylation sites (tertiary alicyclic amines) is 1. The molecule has 2 fully saturated rings. The molecule has 3 nitrogen and oxygen atoms in total. The van der Waals surface area contributed by atoms with Gasteiger partial charge in [0.15, 0.2) is 0 Å². The number of amides is 1. The van der Waals surface area contributed by atoms with Gasteiger partial charge in [-0.15, -0.1) is 0 Å². The lowest BCUT2D eigenvalue weighted by molar-refractivity contribution is -0.138. The summed E-state index contributed by atoms with van der Waals surface area (Å²) in [5, 5.41) is 3.42. The molecule has 0 aromatic heterocycles. The Kier molecular flexibility index (Phi) is 4.43. The zero-order valence-electron chi connectivity index (χ0n) is 11.2. The highest BCUT2D eigenvalue weighted by Gasteiger charge is 2.32. The van der Waals surface area contributed by atoms with Gasteiger partial charge in [0.1, 0.15) is 0 Å². The molecule has 2 saturated heterocycles. The number of nitrogens with zero attached hydrogens (tertiary/aromatic N) is 1. The predicted molar refractivity (Wildman–Crippen MR) is 69.8 cm³/mol. The zero-order valence-corrected chi connectivity index (χ0v) is 11.2. The number of hydrogen-bond donors (Lipinski definition) is 1. The van der Waals surface area contributed by atoms with E-state index in [2.05, 4.69) is 24.1 Å². The molecule has 2 atom stereocenters. The molecule has 0 bridgehead atoms. The Morgan fingerprint density at radius 1 is 1.29 bits per heavy atom. The summed E-state index contributed by atoms with van der Waals surface area (Å²) in [6.07, 6.45) is 5.89. The maximum Gasteiger partial charge on any atom is 0.227 e. The summed E-state index contributed by atoms with van der Waals surface area (Å²) < 4.78 is 0. The van der Waals surface area contributed by atoms with Crippen LogP contribution in [0, 0.1) is 11.8 Å². The quantitative estimate of drug-likeness (QED) is 0.798. The largest absolute Gasteiger partial charge is 0.342 e. The van der Waals surface area contributed by atoms with Crippen LogP contribution in [0.2, 0.25) is 0 Å². The summed E-state index contributed by atoms with van der Waals surface area (Å²) in [5.74, 6) is 1.47. The lowest BCUT2D eigenvalue weighted by Gasteiger charge is -2.37. The summed E-state index contributed by atoms with van der Waals surface area (Å²) >= 11 is 0. The second-order valence-electron chi connectivity index (χ2n) is 5.67. The molecular formula is C14H26N2O. The molecule has 3 heteroatoms. The fraction of sp³-hybridized carbons (Fsp3) is 0.929. The van der Waals surface area contributed by atoms with Gasteiger partial charge in [-0.25, -0.2) is 0 Å². The van der Waals surface area contributed by atoms with E-state index < -0.39 is 0 Å². The first-order valence-corrected chi connectivity index (χ1v) is 7.24. The van der Waals surface area contributed by atoms with E-state index in [0.29, 0.717) is 11.9 Å².